The van der Waals surface area contributed by atoms with E-state index in [9.17, 15) is 4.79 Å². The second-order valence-electron chi connectivity index (χ2n) is 4.72. The van der Waals surface area contributed by atoms with Gasteiger partial charge in [0.2, 0.25) is 5.91 Å². The van der Waals surface area contributed by atoms with E-state index in [0.717, 1.165) is 22.9 Å². The molecule has 2 N–H and O–H groups in total. The Hall–Kier alpha value is -1.16. The average molecular weight is 250 g/mol. The van der Waals surface area contributed by atoms with Crippen molar-refractivity contribution in [3.05, 3.63) is 18.2 Å². The first-order chi connectivity index (χ1) is 8.08. The van der Waals surface area contributed by atoms with Gasteiger partial charge < -0.3 is 10.6 Å². The molecular weight excluding hydrogens is 232 g/mol. The molecule has 2 rings (SSSR count). The molecule has 1 aromatic rings. The first-order valence-corrected chi connectivity index (χ1v) is 6.89. The lowest BCUT2D eigenvalue weighted by Gasteiger charge is -2.29. The summed E-state index contributed by atoms with van der Waals surface area (Å²) in [5, 5.41) is 0. The van der Waals surface area contributed by atoms with Crippen LogP contribution in [0.25, 0.3) is 0 Å². The molecule has 1 aliphatic heterocycles. The molecule has 0 unspecified atom stereocenters. The molecule has 1 amide bonds. The molecule has 0 aliphatic carbocycles. The van der Waals surface area contributed by atoms with Crippen LogP contribution in [0.2, 0.25) is 0 Å². The summed E-state index contributed by atoms with van der Waals surface area (Å²) in [7, 11) is 0. The van der Waals surface area contributed by atoms with Crippen LogP contribution in [-0.2, 0) is 4.79 Å². The van der Waals surface area contributed by atoms with Crippen molar-refractivity contribution in [3.63, 3.8) is 0 Å². The van der Waals surface area contributed by atoms with Crippen molar-refractivity contribution in [3.8, 4) is 0 Å². The van der Waals surface area contributed by atoms with E-state index in [1.807, 2.05) is 23.1 Å². The Labute approximate surface area is 106 Å². The Kier molecular flexibility index (Phi) is 3.62. The van der Waals surface area contributed by atoms with Crippen LogP contribution in [-0.4, -0.2) is 18.2 Å². The Morgan fingerprint density at radius 1 is 1.53 bits per heavy atom. The highest BCUT2D eigenvalue weighted by Crippen LogP contribution is 2.36. The highest BCUT2D eigenvalue weighted by Gasteiger charge is 2.23. The monoisotopic (exact) mass is 250 g/mol. The minimum atomic E-state index is 0.201. The van der Waals surface area contributed by atoms with Crippen LogP contribution < -0.4 is 10.6 Å². The largest absolute Gasteiger partial charge is 0.399 e. The zero-order valence-electron chi connectivity index (χ0n) is 10.3. The van der Waals surface area contributed by atoms with Crippen LogP contribution in [0.3, 0.4) is 0 Å². The fourth-order valence-corrected chi connectivity index (χ4v) is 2.93. The smallest absolute Gasteiger partial charge is 0.227 e. The van der Waals surface area contributed by atoms with E-state index >= 15 is 0 Å². The summed E-state index contributed by atoms with van der Waals surface area (Å²) in [5.41, 5.74) is 7.49. The summed E-state index contributed by atoms with van der Waals surface area (Å²) in [4.78, 5) is 15.2. The molecule has 0 atom stereocenters. The van der Waals surface area contributed by atoms with Crippen LogP contribution >= 0.6 is 11.8 Å². The normalized spacial score (nSPS) is 14.9. The summed E-state index contributed by atoms with van der Waals surface area (Å²) < 4.78 is 0. The molecule has 0 spiro atoms. The Morgan fingerprint density at radius 2 is 2.29 bits per heavy atom. The molecule has 92 valence electrons. The minimum Gasteiger partial charge on any atom is -0.399 e. The van der Waals surface area contributed by atoms with Crippen LogP contribution in [0.5, 0.6) is 0 Å². The van der Waals surface area contributed by atoms with Gasteiger partial charge in [-0.25, -0.2) is 0 Å². The highest BCUT2D eigenvalue weighted by molar-refractivity contribution is 7.99. The fourth-order valence-electron chi connectivity index (χ4n) is 1.95. The number of fused-ring (bicyclic) bond motifs is 1. The molecule has 0 bridgehead atoms. The number of benzene rings is 1. The number of hydrogen-bond acceptors (Lipinski definition) is 3. The number of amides is 1. The van der Waals surface area contributed by atoms with Crippen LogP contribution in [0.1, 0.15) is 20.3 Å². The third-order valence-corrected chi connectivity index (χ3v) is 3.77. The maximum atomic E-state index is 12.2. The lowest BCUT2D eigenvalue weighted by atomic mass is 10.1. The molecular formula is C13H18N2OS. The average Bonchev–Trinajstić information content (AvgIpc) is 2.27. The molecule has 0 fully saturated rings. The zero-order chi connectivity index (χ0) is 12.4. The third-order valence-electron chi connectivity index (χ3n) is 2.73. The molecule has 3 nitrogen and oxygen atoms in total. The quantitative estimate of drug-likeness (QED) is 0.821. The van der Waals surface area contributed by atoms with Crippen LogP contribution in [0, 0.1) is 5.92 Å². The van der Waals surface area contributed by atoms with E-state index in [4.69, 9.17) is 5.73 Å². The maximum absolute atomic E-state index is 12.2. The first-order valence-electron chi connectivity index (χ1n) is 5.90. The van der Waals surface area contributed by atoms with Crippen LogP contribution in [0.4, 0.5) is 11.4 Å². The molecule has 1 aliphatic rings. The summed E-state index contributed by atoms with van der Waals surface area (Å²) >= 11 is 1.79. The van der Waals surface area contributed by atoms with Gasteiger partial charge in [-0.3, -0.25) is 4.79 Å². The number of thioether (sulfide) groups is 1. The lowest BCUT2D eigenvalue weighted by molar-refractivity contribution is -0.119. The van der Waals surface area contributed by atoms with E-state index in [1.54, 1.807) is 11.8 Å². The summed E-state index contributed by atoms with van der Waals surface area (Å²) in [5.74, 6) is 1.55. The molecule has 0 radical (unpaired) electrons. The van der Waals surface area contributed by atoms with Gasteiger partial charge in [-0.2, -0.15) is 0 Å². The Balaban J connectivity index is 2.27. The van der Waals surface area contributed by atoms with Crippen LogP contribution in [0.15, 0.2) is 23.1 Å². The van der Waals surface area contributed by atoms with Gasteiger partial charge in [-0.1, -0.05) is 13.8 Å². The maximum Gasteiger partial charge on any atom is 0.227 e. The van der Waals surface area contributed by atoms with E-state index in [0.29, 0.717) is 18.0 Å². The van der Waals surface area contributed by atoms with Gasteiger partial charge in [0.15, 0.2) is 0 Å². The van der Waals surface area contributed by atoms with Gasteiger partial charge in [0.1, 0.15) is 0 Å². The van der Waals surface area contributed by atoms with Crippen molar-refractivity contribution < 1.29 is 4.79 Å². The van der Waals surface area contributed by atoms with Gasteiger partial charge in [-0.05, 0) is 24.1 Å². The number of nitrogens with zero attached hydrogens (tertiary/aromatic N) is 1. The highest BCUT2D eigenvalue weighted by atomic mass is 32.2. The predicted octanol–water partition coefficient (Wildman–Crippen LogP) is 2.75. The minimum absolute atomic E-state index is 0.201. The van der Waals surface area contributed by atoms with E-state index < -0.39 is 0 Å². The van der Waals surface area contributed by atoms with Crippen molar-refractivity contribution >= 4 is 29.0 Å². The number of carbonyl (C=O) groups excluding carboxylic acids is 1. The summed E-state index contributed by atoms with van der Waals surface area (Å²) in [6, 6.07) is 5.80. The van der Waals surface area contributed by atoms with Crippen molar-refractivity contribution in [2.75, 3.05) is 22.9 Å². The SMILES string of the molecule is CC(C)CC(=O)N1CCSc2ccc(N)cc21. The number of nitrogens with two attached hydrogens (primary N) is 1. The zero-order valence-corrected chi connectivity index (χ0v) is 11.1. The van der Waals surface area contributed by atoms with E-state index in [-0.39, 0.29) is 5.91 Å². The lowest BCUT2D eigenvalue weighted by Crippen LogP contribution is -2.36. The van der Waals surface area contributed by atoms with E-state index in [1.165, 1.54) is 0 Å². The van der Waals surface area contributed by atoms with Crippen molar-refractivity contribution in [2.45, 2.75) is 25.2 Å². The summed E-state index contributed by atoms with van der Waals surface area (Å²) in [6.45, 7) is 4.92. The number of nitrogen functional groups attached to an aromatic ring is 1. The molecule has 0 saturated heterocycles. The predicted molar refractivity (Wildman–Crippen MR) is 73.4 cm³/mol. The topological polar surface area (TPSA) is 46.3 Å². The number of anilines is 2. The van der Waals surface area contributed by atoms with Gasteiger partial charge >= 0.3 is 0 Å². The van der Waals surface area contributed by atoms with Gasteiger partial charge in [0.25, 0.3) is 0 Å². The molecule has 17 heavy (non-hydrogen) atoms. The Bertz CT molecular complexity index is 431. The second-order valence-corrected chi connectivity index (χ2v) is 5.86. The Morgan fingerprint density at radius 3 is 3.00 bits per heavy atom. The number of rotatable bonds is 2. The fraction of sp³-hybridized carbons (Fsp3) is 0.462. The van der Waals surface area contributed by atoms with Crippen molar-refractivity contribution in [2.24, 2.45) is 5.92 Å². The first kappa shape index (κ1) is 12.3. The molecule has 1 aromatic carbocycles. The molecule has 0 aromatic heterocycles. The molecule has 0 saturated carbocycles. The second kappa shape index (κ2) is 5.00. The van der Waals surface area contributed by atoms with Gasteiger partial charge in [0, 0.05) is 29.3 Å². The number of carbonyl (C=O) groups is 1. The molecule has 4 heteroatoms. The molecule has 1 heterocycles. The van der Waals surface area contributed by atoms with Gasteiger partial charge in [0.05, 0.1) is 5.69 Å². The standard InChI is InChI=1S/C13H18N2OS/c1-9(2)7-13(16)15-5-6-17-12-4-3-10(14)8-11(12)15/h3-4,8-9H,5-7,14H2,1-2H3. The van der Waals surface area contributed by atoms with E-state index in [2.05, 4.69) is 13.8 Å². The van der Waals surface area contributed by atoms with Gasteiger partial charge in [-0.15, -0.1) is 11.8 Å². The van der Waals surface area contributed by atoms with Crippen molar-refractivity contribution in [1.29, 1.82) is 0 Å². The van der Waals surface area contributed by atoms with Crippen molar-refractivity contribution in [1.82, 2.24) is 0 Å². The summed E-state index contributed by atoms with van der Waals surface area (Å²) in [6.07, 6.45) is 0.596. The number of hydrogen-bond donors (Lipinski definition) is 1. The third kappa shape index (κ3) is 2.75.